The van der Waals surface area contributed by atoms with E-state index in [4.69, 9.17) is 10.5 Å². The zero-order valence-electron chi connectivity index (χ0n) is 11.5. The Hall–Kier alpha value is -2.82. The van der Waals surface area contributed by atoms with Gasteiger partial charge in [-0.3, -0.25) is 9.59 Å². The molecule has 2 aromatic rings. The van der Waals surface area contributed by atoms with Crippen molar-refractivity contribution in [2.45, 2.75) is 6.92 Å². The maximum absolute atomic E-state index is 12.6. The molecule has 0 saturated carbocycles. The summed E-state index contributed by atoms with van der Waals surface area (Å²) in [6.45, 7) is 1.83. The van der Waals surface area contributed by atoms with Crippen LogP contribution in [-0.2, 0) is 4.79 Å². The number of nitrogen functional groups attached to an aromatic ring is 1. The molecule has 3 rings (SSSR count). The highest BCUT2D eigenvalue weighted by Gasteiger charge is 2.20. The second-order valence-corrected chi connectivity index (χ2v) is 4.92. The molecule has 3 N–H and O–H groups in total. The van der Waals surface area contributed by atoms with E-state index in [2.05, 4.69) is 5.32 Å². The fourth-order valence-electron chi connectivity index (χ4n) is 2.37. The lowest BCUT2D eigenvalue weighted by Gasteiger charge is -2.18. The number of amides is 1. The van der Waals surface area contributed by atoms with E-state index in [0.29, 0.717) is 28.3 Å². The van der Waals surface area contributed by atoms with Crippen molar-refractivity contribution in [3.05, 3.63) is 53.1 Å². The van der Waals surface area contributed by atoms with Crippen molar-refractivity contribution in [3.8, 4) is 5.75 Å². The van der Waals surface area contributed by atoms with Gasteiger partial charge in [0.05, 0.1) is 5.69 Å². The average molecular weight is 282 g/mol. The van der Waals surface area contributed by atoms with Gasteiger partial charge < -0.3 is 15.8 Å². The molecule has 2 aromatic carbocycles. The third-order valence-corrected chi connectivity index (χ3v) is 3.41. The highest BCUT2D eigenvalue weighted by molar-refractivity contribution is 6.14. The first kappa shape index (κ1) is 13.2. The number of carbonyl (C=O) groups excluding carboxylic acids is 2. The van der Waals surface area contributed by atoms with Gasteiger partial charge in [0.25, 0.3) is 5.91 Å². The summed E-state index contributed by atoms with van der Waals surface area (Å²) in [4.78, 5) is 24.0. The molecule has 5 heteroatoms. The first-order chi connectivity index (χ1) is 10.1. The molecule has 1 amide bonds. The Morgan fingerprint density at radius 1 is 1.29 bits per heavy atom. The molecule has 1 aliphatic heterocycles. The van der Waals surface area contributed by atoms with Gasteiger partial charge >= 0.3 is 0 Å². The predicted molar refractivity (Wildman–Crippen MR) is 79.6 cm³/mol. The zero-order valence-corrected chi connectivity index (χ0v) is 11.5. The molecule has 1 aliphatic rings. The van der Waals surface area contributed by atoms with Gasteiger partial charge in [0.15, 0.2) is 12.4 Å². The predicted octanol–water partition coefficient (Wildman–Crippen LogP) is 2.14. The SMILES string of the molecule is Cc1cccc(N)c1C(=O)c1ccc2c(c1)NC(=O)CO2. The topological polar surface area (TPSA) is 81.4 Å². The second-order valence-electron chi connectivity index (χ2n) is 4.92. The van der Waals surface area contributed by atoms with Crippen molar-refractivity contribution in [2.24, 2.45) is 0 Å². The standard InChI is InChI=1S/C16H14N2O3/c1-9-3-2-4-11(17)15(9)16(20)10-5-6-13-12(7-10)18-14(19)8-21-13/h2-7H,8,17H2,1H3,(H,18,19). The molecule has 5 nitrogen and oxygen atoms in total. The van der Waals surface area contributed by atoms with Crippen molar-refractivity contribution in [1.29, 1.82) is 0 Å². The van der Waals surface area contributed by atoms with Crippen LogP contribution in [0, 0.1) is 6.92 Å². The summed E-state index contributed by atoms with van der Waals surface area (Å²) in [5.41, 5.74) is 8.61. The molecule has 0 spiro atoms. The number of anilines is 2. The quantitative estimate of drug-likeness (QED) is 0.653. The van der Waals surface area contributed by atoms with Crippen molar-refractivity contribution in [3.63, 3.8) is 0 Å². The average Bonchev–Trinajstić information content (AvgIpc) is 2.46. The molecule has 0 atom stereocenters. The van der Waals surface area contributed by atoms with Crippen LogP contribution in [0.4, 0.5) is 11.4 Å². The Bertz CT molecular complexity index is 733. The molecule has 0 fully saturated rings. The summed E-state index contributed by atoms with van der Waals surface area (Å²) >= 11 is 0. The van der Waals surface area contributed by atoms with Gasteiger partial charge in [0, 0.05) is 16.8 Å². The van der Waals surface area contributed by atoms with E-state index in [9.17, 15) is 9.59 Å². The minimum atomic E-state index is -0.234. The number of hydrogen-bond donors (Lipinski definition) is 2. The minimum absolute atomic E-state index is 0.00889. The van der Waals surface area contributed by atoms with Crippen molar-refractivity contribution in [1.82, 2.24) is 0 Å². The van der Waals surface area contributed by atoms with Crippen molar-refractivity contribution in [2.75, 3.05) is 17.7 Å². The fraction of sp³-hybridized carbons (Fsp3) is 0.125. The van der Waals surface area contributed by atoms with Gasteiger partial charge in [-0.2, -0.15) is 0 Å². The first-order valence-corrected chi connectivity index (χ1v) is 6.53. The Balaban J connectivity index is 2.03. The van der Waals surface area contributed by atoms with E-state index in [-0.39, 0.29) is 18.3 Å². The highest BCUT2D eigenvalue weighted by Crippen LogP contribution is 2.30. The van der Waals surface area contributed by atoms with Gasteiger partial charge in [0.2, 0.25) is 0 Å². The van der Waals surface area contributed by atoms with E-state index in [1.807, 2.05) is 19.1 Å². The lowest BCUT2D eigenvalue weighted by molar-refractivity contribution is -0.118. The molecule has 0 radical (unpaired) electrons. The van der Waals surface area contributed by atoms with Gasteiger partial charge in [-0.1, -0.05) is 12.1 Å². The van der Waals surface area contributed by atoms with Crippen LogP contribution in [0.5, 0.6) is 5.75 Å². The molecule has 0 aromatic heterocycles. The lowest BCUT2D eigenvalue weighted by Crippen LogP contribution is -2.25. The monoisotopic (exact) mass is 282 g/mol. The smallest absolute Gasteiger partial charge is 0.262 e. The normalized spacial score (nSPS) is 13.1. The summed E-state index contributed by atoms with van der Waals surface area (Å²) in [7, 11) is 0. The number of nitrogens with one attached hydrogen (secondary N) is 1. The van der Waals surface area contributed by atoms with Gasteiger partial charge in [-0.05, 0) is 36.8 Å². The number of aryl methyl sites for hydroxylation is 1. The lowest BCUT2D eigenvalue weighted by atomic mass is 9.97. The Kier molecular flexibility index (Phi) is 3.10. The van der Waals surface area contributed by atoms with Gasteiger partial charge in [-0.25, -0.2) is 0 Å². The number of ketones is 1. The van der Waals surface area contributed by atoms with E-state index >= 15 is 0 Å². The molecular weight excluding hydrogens is 268 g/mol. The Morgan fingerprint density at radius 2 is 2.10 bits per heavy atom. The molecule has 0 aliphatic carbocycles. The molecule has 1 heterocycles. The summed E-state index contributed by atoms with van der Waals surface area (Å²) in [6, 6.07) is 10.3. The first-order valence-electron chi connectivity index (χ1n) is 6.53. The number of hydrogen-bond acceptors (Lipinski definition) is 4. The van der Waals surface area contributed by atoms with E-state index < -0.39 is 0 Å². The van der Waals surface area contributed by atoms with Crippen LogP contribution >= 0.6 is 0 Å². The summed E-state index contributed by atoms with van der Waals surface area (Å²) < 4.78 is 5.28. The minimum Gasteiger partial charge on any atom is -0.482 e. The van der Waals surface area contributed by atoms with Crippen LogP contribution in [0.2, 0.25) is 0 Å². The van der Waals surface area contributed by atoms with E-state index in [1.54, 1.807) is 24.3 Å². The van der Waals surface area contributed by atoms with Crippen LogP contribution in [0.1, 0.15) is 21.5 Å². The number of carbonyl (C=O) groups is 2. The highest BCUT2D eigenvalue weighted by atomic mass is 16.5. The maximum atomic E-state index is 12.6. The second kappa shape index (κ2) is 4.94. The Labute approximate surface area is 121 Å². The fourth-order valence-corrected chi connectivity index (χ4v) is 2.37. The third kappa shape index (κ3) is 2.33. The Morgan fingerprint density at radius 3 is 2.86 bits per heavy atom. The maximum Gasteiger partial charge on any atom is 0.262 e. The summed E-state index contributed by atoms with van der Waals surface area (Å²) in [5.74, 6) is 0.152. The number of rotatable bonds is 2. The third-order valence-electron chi connectivity index (χ3n) is 3.41. The van der Waals surface area contributed by atoms with Gasteiger partial charge in [0.1, 0.15) is 5.75 Å². The molecule has 21 heavy (non-hydrogen) atoms. The van der Waals surface area contributed by atoms with Crippen LogP contribution in [-0.4, -0.2) is 18.3 Å². The molecule has 0 bridgehead atoms. The number of nitrogens with two attached hydrogens (primary N) is 1. The van der Waals surface area contributed by atoms with E-state index in [0.717, 1.165) is 5.56 Å². The number of ether oxygens (including phenoxy) is 1. The van der Waals surface area contributed by atoms with Gasteiger partial charge in [-0.15, -0.1) is 0 Å². The number of fused-ring (bicyclic) bond motifs is 1. The molecule has 106 valence electrons. The van der Waals surface area contributed by atoms with Crippen molar-refractivity contribution >= 4 is 23.1 Å². The van der Waals surface area contributed by atoms with Crippen LogP contribution in [0.25, 0.3) is 0 Å². The zero-order chi connectivity index (χ0) is 15.0. The van der Waals surface area contributed by atoms with Crippen LogP contribution in [0.3, 0.4) is 0 Å². The largest absolute Gasteiger partial charge is 0.482 e. The van der Waals surface area contributed by atoms with Crippen LogP contribution in [0.15, 0.2) is 36.4 Å². The molecule has 0 saturated heterocycles. The summed E-state index contributed by atoms with van der Waals surface area (Å²) in [6.07, 6.45) is 0. The van der Waals surface area contributed by atoms with E-state index in [1.165, 1.54) is 0 Å². The van der Waals surface area contributed by atoms with Crippen LogP contribution < -0.4 is 15.8 Å². The van der Waals surface area contributed by atoms with Crippen molar-refractivity contribution < 1.29 is 14.3 Å². The summed E-state index contributed by atoms with van der Waals surface area (Å²) in [5, 5.41) is 2.69. The molecule has 0 unspecified atom stereocenters. The molecular formula is C16H14N2O3. The number of benzene rings is 2.